The van der Waals surface area contributed by atoms with Gasteiger partial charge in [0.2, 0.25) is 5.95 Å². The molecule has 51 heavy (non-hydrogen) atoms. The van der Waals surface area contributed by atoms with Gasteiger partial charge < -0.3 is 0 Å². The van der Waals surface area contributed by atoms with Gasteiger partial charge in [0.25, 0.3) is 0 Å². The fourth-order valence-electron chi connectivity index (χ4n) is 8.44. The number of nitrogens with zero attached hydrogens (tertiary/aromatic N) is 3. The third kappa shape index (κ3) is 4.34. The molecule has 244 valence electrons. The van der Waals surface area contributed by atoms with Crippen LogP contribution in [0.25, 0.3) is 82.9 Å². The molecule has 1 aliphatic carbocycles. The molecule has 0 N–H and O–H groups in total. The molecule has 0 amide bonds. The van der Waals surface area contributed by atoms with Crippen molar-refractivity contribution in [1.29, 1.82) is 0 Å². The predicted molar refractivity (Wildman–Crippen MR) is 212 cm³/mol. The maximum absolute atomic E-state index is 12.9. The molecule has 0 fully saturated rings. The van der Waals surface area contributed by atoms with Crippen LogP contribution in [-0.2, 0) is 16.2 Å². The van der Waals surface area contributed by atoms with Crippen molar-refractivity contribution in [3.8, 4) is 39.5 Å². The van der Waals surface area contributed by atoms with Crippen LogP contribution >= 0.6 is 0 Å². The second-order valence-electron chi connectivity index (χ2n) is 14.0. The summed E-state index contributed by atoms with van der Waals surface area (Å²) < 4.78 is 15.2. The minimum Gasteiger partial charge on any atom is -0.278 e. The lowest BCUT2D eigenvalue weighted by Gasteiger charge is -2.21. The zero-order valence-corrected chi connectivity index (χ0v) is 29.3. The molecule has 0 bridgehead atoms. The van der Waals surface area contributed by atoms with Crippen molar-refractivity contribution in [2.75, 3.05) is 6.26 Å². The Morgan fingerprint density at radius 1 is 0.588 bits per heavy atom. The van der Waals surface area contributed by atoms with Crippen molar-refractivity contribution >= 4 is 54.3 Å². The smallest absolute Gasteiger partial charge is 0.235 e. The van der Waals surface area contributed by atoms with Gasteiger partial charge in [-0.25, -0.2) is 9.97 Å². The molecule has 0 spiro atoms. The van der Waals surface area contributed by atoms with Gasteiger partial charge in [-0.1, -0.05) is 129 Å². The first-order valence-electron chi connectivity index (χ1n) is 17.3. The molecule has 0 saturated carbocycles. The van der Waals surface area contributed by atoms with Gasteiger partial charge in [0.1, 0.15) is 0 Å². The lowest BCUT2D eigenvalue weighted by atomic mass is 9.82. The lowest BCUT2D eigenvalue weighted by Crippen LogP contribution is -2.14. The minimum atomic E-state index is -1.14. The van der Waals surface area contributed by atoms with Crippen molar-refractivity contribution in [3.63, 3.8) is 0 Å². The second kappa shape index (κ2) is 11.0. The monoisotopic (exact) mass is 675 g/mol. The predicted octanol–water partition coefficient (Wildman–Crippen LogP) is 11.3. The van der Waals surface area contributed by atoms with Crippen LogP contribution in [0.15, 0.2) is 150 Å². The van der Waals surface area contributed by atoms with Gasteiger partial charge in [-0.05, 0) is 74.5 Å². The zero-order chi connectivity index (χ0) is 34.4. The van der Waals surface area contributed by atoms with E-state index >= 15 is 0 Å². The fourth-order valence-corrected chi connectivity index (χ4v) is 9.20. The Bertz CT molecular complexity index is 2920. The van der Waals surface area contributed by atoms with Crippen LogP contribution in [0, 0.1) is 0 Å². The Labute approximate surface area is 298 Å². The van der Waals surface area contributed by atoms with Crippen LogP contribution in [0.2, 0.25) is 0 Å². The van der Waals surface area contributed by atoms with E-state index in [4.69, 9.17) is 9.97 Å². The highest BCUT2D eigenvalue weighted by Crippen LogP contribution is 2.53. The topological polar surface area (TPSA) is 47.8 Å². The van der Waals surface area contributed by atoms with Crippen molar-refractivity contribution in [2.24, 2.45) is 0 Å². The Hall–Kier alpha value is -5.91. The average Bonchev–Trinajstić information content (AvgIpc) is 3.63. The molecule has 9 aromatic rings. The Kier molecular flexibility index (Phi) is 6.49. The van der Waals surface area contributed by atoms with Gasteiger partial charge in [-0.2, -0.15) is 0 Å². The SMILES string of the molecule is CS(=O)c1ccccc1-c1ccc2c(c1)c1c3c4c(ccc3ccc1n2-c1nc(-c2ccccc2)c2ccccc2n1)C(C)(C)c1ccccc1-4. The fraction of sp³-hybridized carbons (Fsp3) is 0.0870. The van der Waals surface area contributed by atoms with E-state index in [-0.39, 0.29) is 5.41 Å². The van der Waals surface area contributed by atoms with Gasteiger partial charge in [0.05, 0.1) is 33.0 Å². The Balaban J connectivity index is 1.38. The second-order valence-corrected chi connectivity index (χ2v) is 15.3. The summed E-state index contributed by atoms with van der Waals surface area (Å²) in [5.41, 5.74) is 12.0. The summed E-state index contributed by atoms with van der Waals surface area (Å²) in [5.74, 6) is 0.628. The molecule has 0 aliphatic heterocycles. The average molecular weight is 676 g/mol. The largest absolute Gasteiger partial charge is 0.278 e. The molecule has 10 rings (SSSR count). The summed E-state index contributed by atoms with van der Waals surface area (Å²) in [5, 5.41) is 5.72. The molecule has 1 atom stereocenters. The molecule has 1 aliphatic rings. The molecule has 5 heteroatoms. The highest BCUT2D eigenvalue weighted by molar-refractivity contribution is 7.84. The first-order valence-corrected chi connectivity index (χ1v) is 18.9. The number of hydrogen-bond acceptors (Lipinski definition) is 3. The normalized spacial score (nSPS) is 13.9. The van der Waals surface area contributed by atoms with E-state index in [1.807, 2.05) is 36.4 Å². The van der Waals surface area contributed by atoms with Crippen LogP contribution in [-0.4, -0.2) is 25.0 Å². The van der Waals surface area contributed by atoms with Crippen LogP contribution in [0.1, 0.15) is 25.0 Å². The van der Waals surface area contributed by atoms with Crippen molar-refractivity contribution < 1.29 is 4.21 Å². The molecule has 2 aromatic heterocycles. The number of para-hydroxylation sites is 1. The minimum absolute atomic E-state index is 0.137. The van der Waals surface area contributed by atoms with Crippen molar-refractivity contribution in [1.82, 2.24) is 14.5 Å². The third-order valence-corrected chi connectivity index (χ3v) is 11.8. The van der Waals surface area contributed by atoms with E-state index < -0.39 is 10.8 Å². The maximum Gasteiger partial charge on any atom is 0.235 e. The van der Waals surface area contributed by atoms with Crippen LogP contribution < -0.4 is 0 Å². The van der Waals surface area contributed by atoms with Gasteiger partial charge >= 0.3 is 0 Å². The van der Waals surface area contributed by atoms with E-state index in [2.05, 4.69) is 128 Å². The molecule has 0 radical (unpaired) electrons. The van der Waals surface area contributed by atoms with E-state index in [1.54, 1.807) is 6.26 Å². The number of aromatic nitrogens is 3. The van der Waals surface area contributed by atoms with Gasteiger partial charge in [-0.3, -0.25) is 8.78 Å². The molecular formula is C46H33N3OS. The first kappa shape index (κ1) is 30.0. The molecule has 4 nitrogen and oxygen atoms in total. The summed E-state index contributed by atoms with van der Waals surface area (Å²) in [4.78, 5) is 11.4. The van der Waals surface area contributed by atoms with Crippen LogP contribution in [0.3, 0.4) is 0 Å². The summed E-state index contributed by atoms with van der Waals surface area (Å²) in [6.07, 6.45) is 1.75. The van der Waals surface area contributed by atoms with Gasteiger partial charge in [0.15, 0.2) is 0 Å². The van der Waals surface area contributed by atoms with E-state index in [0.29, 0.717) is 5.95 Å². The summed E-state index contributed by atoms with van der Waals surface area (Å²) in [6, 6.07) is 51.2. The Morgan fingerprint density at radius 3 is 2.14 bits per heavy atom. The number of benzene rings is 7. The number of rotatable bonds is 4. The van der Waals surface area contributed by atoms with E-state index in [0.717, 1.165) is 54.6 Å². The highest BCUT2D eigenvalue weighted by atomic mass is 32.2. The van der Waals surface area contributed by atoms with E-state index in [9.17, 15) is 4.21 Å². The zero-order valence-electron chi connectivity index (χ0n) is 28.5. The molecule has 7 aromatic carbocycles. The highest BCUT2D eigenvalue weighted by Gasteiger charge is 2.37. The van der Waals surface area contributed by atoms with Gasteiger partial charge in [-0.15, -0.1) is 0 Å². The summed E-state index contributed by atoms with van der Waals surface area (Å²) in [6.45, 7) is 4.67. The van der Waals surface area contributed by atoms with Crippen LogP contribution in [0.4, 0.5) is 0 Å². The van der Waals surface area contributed by atoms with Crippen LogP contribution in [0.5, 0.6) is 0 Å². The Morgan fingerprint density at radius 2 is 1.29 bits per heavy atom. The lowest BCUT2D eigenvalue weighted by molar-refractivity contribution is 0.661. The van der Waals surface area contributed by atoms with Gasteiger partial charge in [0, 0.05) is 38.3 Å². The maximum atomic E-state index is 12.9. The number of hydrogen-bond donors (Lipinski definition) is 0. The standard InChI is InChI=1S/C46H33N3OS/c1-46(2)35-18-10-7-16-32(35)42-36(46)24-21-28-22-26-39-43(41(28)42)34-27-30(31-15-9-12-20-40(31)51(3)50)23-25-38(34)49(39)45-47-37-19-11-8-17-33(37)44(48-45)29-13-5-4-6-14-29/h4-27H,1-3H3. The summed E-state index contributed by atoms with van der Waals surface area (Å²) >= 11 is 0. The van der Waals surface area contributed by atoms with E-state index in [1.165, 1.54) is 38.4 Å². The van der Waals surface area contributed by atoms with Crippen molar-refractivity contribution in [2.45, 2.75) is 24.2 Å². The molecule has 0 saturated heterocycles. The molecule has 2 heterocycles. The third-order valence-electron chi connectivity index (χ3n) is 10.8. The quantitative estimate of drug-likeness (QED) is 0.187. The number of fused-ring (bicyclic) bond motifs is 10. The molecular weight excluding hydrogens is 643 g/mol. The summed E-state index contributed by atoms with van der Waals surface area (Å²) in [7, 11) is -1.14. The van der Waals surface area contributed by atoms with Crippen molar-refractivity contribution in [3.05, 3.63) is 157 Å². The molecule has 1 unspecified atom stereocenters. The first-order chi connectivity index (χ1) is 24.9.